The van der Waals surface area contributed by atoms with E-state index >= 15 is 0 Å². The predicted molar refractivity (Wildman–Crippen MR) is 118 cm³/mol. The number of amides is 1. The Morgan fingerprint density at radius 1 is 1.00 bits per heavy atom. The largest absolute Gasteiger partial charge is 0.491 e. The van der Waals surface area contributed by atoms with Crippen LogP contribution in [-0.2, 0) is 4.79 Å². The van der Waals surface area contributed by atoms with Gasteiger partial charge in [0, 0.05) is 6.04 Å². The summed E-state index contributed by atoms with van der Waals surface area (Å²) in [5.74, 6) is 0.821. The monoisotopic (exact) mass is 394 g/mol. The molecule has 2 aromatic rings. The molecule has 0 atom stereocenters. The van der Waals surface area contributed by atoms with Crippen LogP contribution >= 0.6 is 11.8 Å². The zero-order valence-corrected chi connectivity index (χ0v) is 17.8. The average Bonchev–Trinajstić information content (AvgIpc) is 2.93. The number of nitrogens with zero attached hydrogens (tertiary/aromatic N) is 2. The lowest BCUT2D eigenvalue weighted by atomic mass is 10.2. The smallest absolute Gasteiger partial charge is 0.266 e. The molecule has 0 bridgehead atoms. The second-order valence-corrected chi connectivity index (χ2v) is 8.35. The van der Waals surface area contributed by atoms with Gasteiger partial charge in [-0.3, -0.25) is 9.69 Å². The Hall–Kier alpha value is -2.53. The van der Waals surface area contributed by atoms with Gasteiger partial charge in [-0.2, -0.15) is 0 Å². The number of hydrogen-bond acceptors (Lipinski definition) is 4. The minimum atomic E-state index is -0.00614. The van der Waals surface area contributed by atoms with Crippen molar-refractivity contribution >= 4 is 34.6 Å². The molecule has 3 rings (SSSR count). The first-order valence-corrected chi connectivity index (χ1v) is 10.3. The Balaban J connectivity index is 1.87. The molecule has 1 aliphatic heterocycles. The van der Waals surface area contributed by atoms with E-state index in [4.69, 9.17) is 9.73 Å². The van der Waals surface area contributed by atoms with Crippen molar-refractivity contribution < 1.29 is 9.53 Å². The number of aliphatic imine (C=N–C) groups is 1. The van der Waals surface area contributed by atoms with Gasteiger partial charge in [0.25, 0.3) is 5.91 Å². The summed E-state index contributed by atoms with van der Waals surface area (Å²) in [7, 11) is 0. The average molecular weight is 395 g/mol. The lowest BCUT2D eigenvalue weighted by Gasteiger charge is -2.19. The number of rotatable bonds is 5. The first kappa shape index (κ1) is 20.2. The van der Waals surface area contributed by atoms with Crippen LogP contribution in [-0.4, -0.2) is 28.1 Å². The predicted octanol–water partition coefficient (Wildman–Crippen LogP) is 5.79. The number of thioether (sulfide) groups is 1. The molecule has 1 fully saturated rings. The summed E-state index contributed by atoms with van der Waals surface area (Å²) in [5.41, 5.74) is 3.00. The fourth-order valence-corrected chi connectivity index (χ4v) is 3.94. The third-order valence-electron chi connectivity index (χ3n) is 4.16. The van der Waals surface area contributed by atoms with Gasteiger partial charge in [-0.05, 0) is 82.3 Å². The number of ether oxygens (including phenoxy) is 1. The molecule has 1 aliphatic rings. The van der Waals surface area contributed by atoms with E-state index in [0.29, 0.717) is 4.91 Å². The van der Waals surface area contributed by atoms with Gasteiger partial charge >= 0.3 is 0 Å². The van der Waals surface area contributed by atoms with Gasteiger partial charge in [0.2, 0.25) is 0 Å². The standard InChI is InChI=1S/C23H26N2O2S/c1-15(2)25-22(26)21(14-18-8-12-20(13-9-18)27-16(3)4)28-23(25)24-19-10-6-17(5)7-11-19/h6-16H,1-5H3/b21-14+,24-23?. The molecule has 2 aromatic carbocycles. The van der Waals surface area contributed by atoms with Gasteiger partial charge in [0.1, 0.15) is 5.75 Å². The fraction of sp³-hybridized carbons (Fsp3) is 0.304. The van der Waals surface area contributed by atoms with Crippen molar-refractivity contribution in [2.45, 2.75) is 46.8 Å². The summed E-state index contributed by atoms with van der Waals surface area (Å²) in [6.45, 7) is 10.1. The number of carbonyl (C=O) groups excluding carboxylic acids is 1. The fourth-order valence-electron chi connectivity index (χ4n) is 2.82. The van der Waals surface area contributed by atoms with Crippen molar-refractivity contribution in [3.63, 3.8) is 0 Å². The van der Waals surface area contributed by atoms with Crippen LogP contribution in [0, 0.1) is 6.92 Å². The van der Waals surface area contributed by atoms with E-state index < -0.39 is 0 Å². The molecular formula is C23H26N2O2S. The van der Waals surface area contributed by atoms with Crippen LogP contribution in [0.2, 0.25) is 0 Å². The highest BCUT2D eigenvalue weighted by atomic mass is 32.2. The van der Waals surface area contributed by atoms with E-state index in [9.17, 15) is 4.79 Å². The molecule has 4 nitrogen and oxygen atoms in total. The molecular weight excluding hydrogens is 368 g/mol. The second kappa shape index (κ2) is 8.65. The number of carbonyl (C=O) groups is 1. The van der Waals surface area contributed by atoms with Gasteiger partial charge in [-0.25, -0.2) is 4.99 Å². The van der Waals surface area contributed by atoms with Crippen molar-refractivity contribution in [2.75, 3.05) is 0 Å². The topological polar surface area (TPSA) is 41.9 Å². The summed E-state index contributed by atoms with van der Waals surface area (Å²) < 4.78 is 5.68. The van der Waals surface area contributed by atoms with E-state index in [0.717, 1.165) is 22.2 Å². The quantitative estimate of drug-likeness (QED) is 0.602. The number of aryl methyl sites for hydroxylation is 1. The van der Waals surface area contributed by atoms with Gasteiger partial charge in [0.05, 0.1) is 16.7 Å². The highest BCUT2D eigenvalue weighted by Crippen LogP contribution is 2.35. The molecule has 5 heteroatoms. The molecule has 0 spiro atoms. The van der Waals surface area contributed by atoms with Crippen LogP contribution in [0.5, 0.6) is 5.75 Å². The highest BCUT2D eigenvalue weighted by molar-refractivity contribution is 8.18. The van der Waals surface area contributed by atoms with E-state index in [1.54, 1.807) is 4.90 Å². The molecule has 0 N–H and O–H groups in total. The summed E-state index contributed by atoms with van der Waals surface area (Å²) in [6.07, 6.45) is 2.05. The van der Waals surface area contributed by atoms with Crippen LogP contribution in [0.1, 0.15) is 38.8 Å². The van der Waals surface area contributed by atoms with Crippen molar-refractivity contribution in [3.05, 3.63) is 64.6 Å². The zero-order valence-electron chi connectivity index (χ0n) is 17.0. The zero-order chi connectivity index (χ0) is 20.3. The molecule has 0 saturated carbocycles. The molecule has 1 amide bonds. The van der Waals surface area contributed by atoms with Gasteiger partial charge in [0.15, 0.2) is 5.17 Å². The summed E-state index contributed by atoms with van der Waals surface area (Å²) >= 11 is 1.42. The van der Waals surface area contributed by atoms with E-state index in [1.165, 1.54) is 17.3 Å². The van der Waals surface area contributed by atoms with Crippen molar-refractivity contribution in [1.82, 2.24) is 4.90 Å². The van der Waals surface area contributed by atoms with Crippen molar-refractivity contribution in [1.29, 1.82) is 0 Å². The van der Waals surface area contributed by atoms with Crippen LogP contribution in [0.25, 0.3) is 6.08 Å². The van der Waals surface area contributed by atoms with Crippen LogP contribution in [0.3, 0.4) is 0 Å². The van der Waals surface area contributed by atoms with E-state index in [-0.39, 0.29) is 18.1 Å². The Morgan fingerprint density at radius 2 is 1.64 bits per heavy atom. The highest BCUT2D eigenvalue weighted by Gasteiger charge is 2.35. The van der Waals surface area contributed by atoms with E-state index in [1.807, 2.05) is 89.2 Å². The SMILES string of the molecule is Cc1ccc(N=C2S/C(=C/c3ccc(OC(C)C)cc3)C(=O)N2C(C)C)cc1. The lowest BCUT2D eigenvalue weighted by molar-refractivity contribution is -0.123. The van der Waals surface area contributed by atoms with Crippen molar-refractivity contribution in [2.24, 2.45) is 4.99 Å². The van der Waals surface area contributed by atoms with Gasteiger partial charge in [-0.15, -0.1) is 0 Å². The Morgan fingerprint density at radius 3 is 2.21 bits per heavy atom. The summed E-state index contributed by atoms with van der Waals surface area (Å²) in [6, 6.07) is 15.8. The lowest BCUT2D eigenvalue weighted by Crippen LogP contribution is -2.35. The van der Waals surface area contributed by atoms with Gasteiger partial charge in [-0.1, -0.05) is 29.8 Å². The Bertz CT molecular complexity index is 897. The molecule has 0 aliphatic carbocycles. The molecule has 0 unspecified atom stereocenters. The van der Waals surface area contributed by atoms with E-state index in [2.05, 4.69) is 0 Å². The molecule has 1 saturated heterocycles. The molecule has 0 radical (unpaired) electrons. The third-order valence-corrected chi connectivity index (χ3v) is 5.14. The van der Waals surface area contributed by atoms with Crippen LogP contribution in [0.4, 0.5) is 5.69 Å². The molecule has 0 aromatic heterocycles. The van der Waals surface area contributed by atoms with Crippen LogP contribution in [0.15, 0.2) is 58.4 Å². The van der Waals surface area contributed by atoms with Crippen LogP contribution < -0.4 is 4.74 Å². The molecule has 1 heterocycles. The van der Waals surface area contributed by atoms with Crippen molar-refractivity contribution in [3.8, 4) is 5.75 Å². The molecule has 146 valence electrons. The Kier molecular flexibility index (Phi) is 6.25. The molecule has 28 heavy (non-hydrogen) atoms. The van der Waals surface area contributed by atoms with Gasteiger partial charge < -0.3 is 4.74 Å². The number of hydrogen-bond donors (Lipinski definition) is 0. The Labute approximate surface area is 171 Å². The minimum Gasteiger partial charge on any atom is -0.491 e. The first-order valence-electron chi connectivity index (χ1n) is 9.48. The summed E-state index contributed by atoms with van der Waals surface area (Å²) in [4.78, 5) is 20.1. The minimum absolute atomic E-state index is 0.00614. The maximum absolute atomic E-state index is 12.9. The number of benzene rings is 2. The first-order chi connectivity index (χ1) is 13.3. The maximum atomic E-state index is 12.9. The maximum Gasteiger partial charge on any atom is 0.266 e. The second-order valence-electron chi connectivity index (χ2n) is 7.35. The summed E-state index contributed by atoms with van der Waals surface area (Å²) in [5, 5.41) is 0.717. The third kappa shape index (κ3) is 4.84. The normalized spacial score (nSPS) is 17.4. The number of amidine groups is 1.